The Kier molecular flexibility index (Phi) is 6.45. The summed E-state index contributed by atoms with van der Waals surface area (Å²) in [5.41, 5.74) is 0.353. The number of likely N-dealkylation sites (N-methyl/N-ethyl adjacent to an activating group) is 1. The Balaban J connectivity index is 2.12. The van der Waals surface area contributed by atoms with E-state index in [1.54, 1.807) is 18.2 Å². The molecule has 0 saturated carbocycles. The first kappa shape index (κ1) is 22.8. The monoisotopic (exact) mass is 459 g/mol. The molecule has 10 nitrogen and oxygen atoms in total. The average molecular weight is 460 g/mol. The molecule has 0 spiro atoms. The van der Waals surface area contributed by atoms with E-state index in [4.69, 9.17) is 16.3 Å². The van der Waals surface area contributed by atoms with Gasteiger partial charge in [-0.3, -0.25) is 19.7 Å². The molecule has 2 aromatic rings. The molecule has 3 rings (SSSR count). The molecule has 2 aromatic carbocycles. The summed E-state index contributed by atoms with van der Waals surface area (Å²) in [6.45, 7) is -0.166. The number of amides is 3. The van der Waals surface area contributed by atoms with Crippen LogP contribution in [0.2, 0.25) is 5.02 Å². The Morgan fingerprint density at radius 3 is 2.47 bits per heavy atom. The third-order valence-corrected chi connectivity index (χ3v) is 5.15. The Hall–Kier alpha value is -3.92. The first-order valence-electron chi connectivity index (χ1n) is 9.24. The van der Waals surface area contributed by atoms with E-state index in [2.05, 4.69) is 0 Å². The maximum Gasteiger partial charge on any atom is 0.415 e. The normalized spacial score (nSPS) is 18.0. The summed E-state index contributed by atoms with van der Waals surface area (Å²) in [4.78, 5) is 50.3. The molecule has 0 aromatic heterocycles. The second-order valence-corrected chi connectivity index (χ2v) is 7.40. The summed E-state index contributed by atoms with van der Waals surface area (Å²) in [6.07, 6.45) is -0.212. The Morgan fingerprint density at radius 2 is 1.91 bits per heavy atom. The number of hydrogen-bond acceptors (Lipinski definition) is 6. The molecule has 0 aliphatic carbocycles. The molecule has 0 bridgehead atoms. The van der Waals surface area contributed by atoms with Crippen LogP contribution >= 0.6 is 11.6 Å². The van der Waals surface area contributed by atoms with Crippen molar-refractivity contribution in [2.45, 2.75) is 6.04 Å². The number of carboxylic acid groups (broad SMARTS) is 1. The summed E-state index contributed by atoms with van der Waals surface area (Å²) in [7, 11) is 2.87. The Morgan fingerprint density at radius 1 is 1.25 bits per heavy atom. The highest BCUT2D eigenvalue weighted by Gasteiger charge is 2.42. The highest BCUT2D eigenvalue weighted by molar-refractivity contribution is 6.30. The third kappa shape index (κ3) is 4.40. The lowest BCUT2D eigenvalue weighted by Gasteiger charge is -2.26. The number of methoxy groups -OCH3 is 1. The van der Waals surface area contributed by atoms with Gasteiger partial charge in [0.2, 0.25) is 0 Å². The maximum absolute atomic E-state index is 13.2. The fourth-order valence-electron chi connectivity index (χ4n) is 3.37. The van der Waals surface area contributed by atoms with Crippen LogP contribution < -0.4 is 4.74 Å². The van der Waals surface area contributed by atoms with E-state index in [0.29, 0.717) is 21.2 Å². The van der Waals surface area contributed by atoms with Gasteiger partial charge in [-0.25, -0.2) is 9.69 Å². The number of nitro groups is 1. The SMILES string of the molecule is COc1ccc(Cl)cc1C=C1CN(C)C(=O)C(c2ccc([N+](=O)[O-])cc2)N(C(=O)O)C1=O. The fourth-order valence-corrected chi connectivity index (χ4v) is 3.55. The van der Waals surface area contributed by atoms with Crippen LogP contribution in [0.5, 0.6) is 5.75 Å². The van der Waals surface area contributed by atoms with Crippen LogP contribution in [0.25, 0.3) is 6.08 Å². The molecule has 1 heterocycles. The molecule has 1 atom stereocenters. The van der Waals surface area contributed by atoms with Gasteiger partial charge in [-0.1, -0.05) is 11.6 Å². The van der Waals surface area contributed by atoms with Crippen molar-refractivity contribution in [2.75, 3.05) is 20.7 Å². The highest BCUT2D eigenvalue weighted by atomic mass is 35.5. The third-order valence-electron chi connectivity index (χ3n) is 4.92. The molecule has 1 aliphatic heterocycles. The van der Waals surface area contributed by atoms with Gasteiger partial charge in [0.1, 0.15) is 11.8 Å². The van der Waals surface area contributed by atoms with Crippen LogP contribution in [-0.2, 0) is 9.59 Å². The average Bonchev–Trinajstić information content (AvgIpc) is 2.84. The summed E-state index contributed by atoms with van der Waals surface area (Å²) < 4.78 is 5.27. The van der Waals surface area contributed by atoms with E-state index in [-0.39, 0.29) is 23.4 Å². The van der Waals surface area contributed by atoms with Gasteiger partial charge in [0.05, 0.1) is 18.6 Å². The maximum atomic E-state index is 13.2. The van der Waals surface area contributed by atoms with Gasteiger partial charge in [0.25, 0.3) is 17.5 Å². The fraction of sp³-hybridized carbons (Fsp3) is 0.190. The van der Waals surface area contributed by atoms with Crippen molar-refractivity contribution >= 4 is 41.3 Å². The first-order valence-corrected chi connectivity index (χ1v) is 9.61. The molecular weight excluding hydrogens is 442 g/mol. The highest BCUT2D eigenvalue weighted by Crippen LogP contribution is 2.32. The van der Waals surface area contributed by atoms with Crippen molar-refractivity contribution < 1.29 is 29.2 Å². The molecule has 1 unspecified atom stereocenters. The number of nitrogens with zero attached hydrogens (tertiary/aromatic N) is 3. The number of nitro benzene ring substituents is 1. The van der Waals surface area contributed by atoms with Crippen LogP contribution in [0.4, 0.5) is 10.5 Å². The summed E-state index contributed by atoms with van der Waals surface area (Å²) in [6, 6.07) is 8.04. The zero-order chi connectivity index (χ0) is 23.6. The number of ether oxygens (including phenoxy) is 1. The van der Waals surface area contributed by atoms with E-state index < -0.39 is 28.9 Å². The van der Waals surface area contributed by atoms with Crippen LogP contribution in [0.1, 0.15) is 17.2 Å². The van der Waals surface area contributed by atoms with Gasteiger partial charge >= 0.3 is 6.09 Å². The van der Waals surface area contributed by atoms with Crippen molar-refractivity contribution in [1.82, 2.24) is 9.80 Å². The van der Waals surface area contributed by atoms with Gasteiger partial charge in [-0.05, 0) is 42.0 Å². The van der Waals surface area contributed by atoms with Crippen LogP contribution in [0.3, 0.4) is 0 Å². The predicted molar refractivity (Wildman–Crippen MR) is 114 cm³/mol. The van der Waals surface area contributed by atoms with E-state index in [1.807, 2.05) is 0 Å². The minimum Gasteiger partial charge on any atom is -0.496 e. The molecule has 11 heteroatoms. The number of carbonyl (C=O) groups is 3. The molecule has 1 N–H and O–H groups in total. The minimum atomic E-state index is -1.63. The number of non-ortho nitro benzene ring substituents is 1. The number of benzene rings is 2. The molecule has 3 amide bonds. The lowest BCUT2D eigenvalue weighted by atomic mass is 10.0. The summed E-state index contributed by atoms with van der Waals surface area (Å²) >= 11 is 6.04. The zero-order valence-corrected chi connectivity index (χ0v) is 17.8. The van der Waals surface area contributed by atoms with Crippen molar-refractivity contribution in [3.05, 3.63) is 74.3 Å². The summed E-state index contributed by atoms with van der Waals surface area (Å²) in [5.74, 6) is -1.15. The van der Waals surface area contributed by atoms with Crippen molar-refractivity contribution in [3.8, 4) is 5.75 Å². The van der Waals surface area contributed by atoms with Crippen molar-refractivity contribution in [1.29, 1.82) is 0 Å². The van der Waals surface area contributed by atoms with E-state index in [0.717, 1.165) is 12.1 Å². The van der Waals surface area contributed by atoms with E-state index in [1.165, 1.54) is 37.3 Å². The Bertz CT molecular complexity index is 1130. The molecule has 1 saturated heterocycles. The van der Waals surface area contributed by atoms with Crippen molar-refractivity contribution in [3.63, 3.8) is 0 Å². The number of hydrogen-bond donors (Lipinski definition) is 1. The standard InChI is InChI=1S/C21H18ClN3O7/c1-23-11-14(9-13-10-15(22)5-8-17(13)32-2)19(26)24(21(28)29)18(20(23)27)12-3-6-16(7-4-12)25(30)31/h3-10,18H,11H2,1-2H3,(H,28,29). The summed E-state index contributed by atoms with van der Waals surface area (Å²) in [5, 5.41) is 21.1. The zero-order valence-electron chi connectivity index (χ0n) is 17.0. The molecule has 0 radical (unpaired) electrons. The van der Waals surface area contributed by atoms with Crippen LogP contribution in [0, 0.1) is 10.1 Å². The second-order valence-electron chi connectivity index (χ2n) is 6.96. The molecule has 32 heavy (non-hydrogen) atoms. The number of rotatable bonds is 4. The predicted octanol–water partition coefficient (Wildman–Crippen LogP) is 3.36. The molecular formula is C21H18ClN3O7. The molecule has 1 fully saturated rings. The van der Waals surface area contributed by atoms with Gasteiger partial charge in [-0.2, -0.15) is 0 Å². The molecule has 166 valence electrons. The van der Waals surface area contributed by atoms with Gasteiger partial charge in [0, 0.05) is 35.3 Å². The molecule has 1 aliphatic rings. The number of carbonyl (C=O) groups excluding carboxylic acids is 2. The van der Waals surface area contributed by atoms with Gasteiger partial charge in [-0.15, -0.1) is 0 Å². The number of imide groups is 1. The van der Waals surface area contributed by atoms with Gasteiger partial charge in [0.15, 0.2) is 0 Å². The lowest BCUT2D eigenvalue weighted by molar-refractivity contribution is -0.384. The van der Waals surface area contributed by atoms with E-state index in [9.17, 15) is 29.6 Å². The topological polar surface area (TPSA) is 130 Å². The van der Waals surface area contributed by atoms with E-state index >= 15 is 0 Å². The quantitative estimate of drug-likeness (QED) is 0.421. The first-order chi connectivity index (χ1) is 15.1. The van der Waals surface area contributed by atoms with Crippen molar-refractivity contribution in [2.24, 2.45) is 0 Å². The largest absolute Gasteiger partial charge is 0.496 e. The van der Waals surface area contributed by atoms with Gasteiger partial charge < -0.3 is 14.7 Å². The number of halogens is 1. The second kappa shape index (κ2) is 9.06. The van der Waals surface area contributed by atoms with Crippen LogP contribution in [0.15, 0.2) is 48.0 Å². The van der Waals surface area contributed by atoms with Crippen LogP contribution in [-0.4, -0.2) is 58.4 Å². The Labute approximate surface area is 187 Å². The minimum absolute atomic E-state index is 0.0215. The lowest BCUT2D eigenvalue weighted by Crippen LogP contribution is -2.43. The smallest absolute Gasteiger partial charge is 0.415 e.